The molecule has 138 valence electrons. The molecule has 1 saturated heterocycles. The number of rotatable bonds is 3. The van der Waals surface area contributed by atoms with Crippen molar-refractivity contribution in [3.63, 3.8) is 0 Å². The van der Waals surface area contributed by atoms with E-state index in [1.807, 2.05) is 18.2 Å². The summed E-state index contributed by atoms with van der Waals surface area (Å²) in [5.41, 5.74) is 1.90. The molecule has 0 spiro atoms. The Balaban J connectivity index is 1.88. The Morgan fingerprint density at radius 2 is 1.85 bits per heavy atom. The lowest BCUT2D eigenvalue weighted by atomic mass is 9.87. The van der Waals surface area contributed by atoms with Crippen LogP contribution in [0.2, 0.25) is 0 Å². The van der Waals surface area contributed by atoms with Gasteiger partial charge in [-0.05, 0) is 41.8 Å². The zero-order chi connectivity index (χ0) is 19.3. The van der Waals surface area contributed by atoms with Crippen molar-refractivity contribution in [1.82, 2.24) is 10.2 Å². The Bertz CT molecular complexity index is 1010. The molecule has 0 bridgehead atoms. The highest BCUT2D eigenvalue weighted by Crippen LogP contribution is 2.35. The first-order valence-electron chi connectivity index (χ1n) is 9.20. The lowest BCUT2D eigenvalue weighted by Crippen LogP contribution is -2.57. The van der Waals surface area contributed by atoms with Crippen molar-refractivity contribution >= 4 is 34.4 Å². The first-order chi connectivity index (χ1) is 12.9. The summed E-state index contributed by atoms with van der Waals surface area (Å²) in [6, 6.07) is 8.28. The maximum atomic E-state index is 13.2. The van der Waals surface area contributed by atoms with Crippen LogP contribution in [0.25, 0.3) is 10.8 Å². The molecule has 2 aliphatic rings. The minimum absolute atomic E-state index is 0.109. The van der Waals surface area contributed by atoms with Crippen LogP contribution in [0.5, 0.6) is 0 Å². The molecule has 2 aromatic rings. The maximum absolute atomic E-state index is 13.2. The Hall–Kier alpha value is -3.02. The van der Waals surface area contributed by atoms with E-state index >= 15 is 0 Å². The molecule has 2 unspecified atom stereocenters. The Morgan fingerprint density at radius 3 is 2.56 bits per heavy atom. The standard InChI is InChI=1S/C21H20N2O4/c1-3-11(2)13-9-12-5-4-6-14-18(12)15(10-13)21(27)23(20(14)26)16-7-8-17(24)22-19(16)25/h4-6,9-11,16H,3,7-8H2,1-2H3,(H,22,24,25). The summed E-state index contributed by atoms with van der Waals surface area (Å²) in [5.74, 6) is -1.66. The normalized spacial score (nSPS) is 20.8. The number of amides is 4. The molecule has 0 aliphatic carbocycles. The summed E-state index contributed by atoms with van der Waals surface area (Å²) in [6.07, 6.45) is 1.19. The minimum Gasteiger partial charge on any atom is -0.295 e. The molecule has 2 atom stereocenters. The molecule has 1 N–H and O–H groups in total. The maximum Gasteiger partial charge on any atom is 0.262 e. The van der Waals surface area contributed by atoms with Crippen LogP contribution in [0.4, 0.5) is 0 Å². The lowest BCUT2D eigenvalue weighted by molar-refractivity contribution is -0.136. The van der Waals surface area contributed by atoms with Crippen LogP contribution in [0, 0.1) is 0 Å². The van der Waals surface area contributed by atoms with Gasteiger partial charge in [-0.25, -0.2) is 0 Å². The number of imide groups is 2. The molecule has 2 aromatic carbocycles. The molecule has 27 heavy (non-hydrogen) atoms. The van der Waals surface area contributed by atoms with Gasteiger partial charge in [0.25, 0.3) is 11.8 Å². The molecule has 6 nitrogen and oxygen atoms in total. The molecule has 6 heteroatoms. The summed E-state index contributed by atoms with van der Waals surface area (Å²) in [7, 11) is 0. The average Bonchev–Trinajstić information content (AvgIpc) is 2.66. The predicted molar refractivity (Wildman–Crippen MR) is 99.3 cm³/mol. The number of nitrogens with zero attached hydrogens (tertiary/aromatic N) is 1. The van der Waals surface area contributed by atoms with Gasteiger partial charge in [0.2, 0.25) is 11.8 Å². The first kappa shape index (κ1) is 17.4. The van der Waals surface area contributed by atoms with E-state index in [1.165, 1.54) is 0 Å². The van der Waals surface area contributed by atoms with Crippen LogP contribution in [-0.4, -0.2) is 34.6 Å². The van der Waals surface area contributed by atoms with E-state index in [9.17, 15) is 19.2 Å². The molecule has 2 aliphatic heterocycles. The fraction of sp³-hybridized carbons (Fsp3) is 0.333. The highest BCUT2D eigenvalue weighted by molar-refractivity contribution is 6.27. The van der Waals surface area contributed by atoms with E-state index in [0.29, 0.717) is 16.5 Å². The molecular weight excluding hydrogens is 344 g/mol. The first-order valence-corrected chi connectivity index (χ1v) is 9.20. The third-order valence-corrected chi connectivity index (χ3v) is 5.60. The van der Waals surface area contributed by atoms with Gasteiger partial charge < -0.3 is 0 Å². The average molecular weight is 364 g/mol. The minimum atomic E-state index is -0.960. The highest BCUT2D eigenvalue weighted by atomic mass is 16.2. The van der Waals surface area contributed by atoms with Gasteiger partial charge >= 0.3 is 0 Å². The zero-order valence-corrected chi connectivity index (χ0v) is 15.2. The monoisotopic (exact) mass is 364 g/mol. The lowest BCUT2D eigenvalue weighted by Gasteiger charge is -2.34. The van der Waals surface area contributed by atoms with Crippen molar-refractivity contribution in [1.29, 1.82) is 0 Å². The van der Waals surface area contributed by atoms with Crippen LogP contribution < -0.4 is 5.32 Å². The molecule has 4 rings (SSSR count). The van der Waals surface area contributed by atoms with Crippen molar-refractivity contribution in [2.45, 2.75) is 45.1 Å². The number of carbonyl (C=O) groups is 4. The molecular formula is C21H20N2O4. The summed E-state index contributed by atoms with van der Waals surface area (Å²) in [4.78, 5) is 51.1. The van der Waals surface area contributed by atoms with E-state index in [1.54, 1.807) is 12.1 Å². The summed E-state index contributed by atoms with van der Waals surface area (Å²) >= 11 is 0. The van der Waals surface area contributed by atoms with Crippen LogP contribution in [0.1, 0.15) is 65.3 Å². The van der Waals surface area contributed by atoms with Gasteiger partial charge in [0.05, 0.1) is 0 Å². The van der Waals surface area contributed by atoms with Gasteiger partial charge in [0.15, 0.2) is 0 Å². The number of hydrogen-bond acceptors (Lipinski definition) is 4. The van der Waals surface area contributed by atoms with E-state index in [-0.39, 0.29) is 24.7 Å². The van der Waals surface area contributed by atoms with Gasteiger partial charge in [-0.3, -0.25) is 29.4 Å². The predicted octanol–water partition coefficient (Wildman–Crippen LogP) is 2.75. The van der Waals surface area contributed by atoms with E-state index in [4.69, 9.17) is 0 Å². The van der Waals surface area contributed by atoms with E-state index < -0.39 is 23.8 Å². The summed E-state index contributed by atoms with van der Waals surface area (Å²) < 4.78 is 0. The van der Waals surface area contributed by atoms with Crippen molar-refractivity contribution in [2.24, 2.45) is 0 Å². The van der Waals surface area contributed by atoms with Gasteiger partial charge in [0, 0.05) is 22.9 Å². The number of benzene rings is 2. The molecule has 0 aromatic heterocycles. The third kappa shape index (κ3) is 2.63. The van der Waals surface area contributed by atoms with Crippen LogP contribution in [-0.2, 0) is 9.59 Å². The topological polar surface area (TPSA) is 83.6 Å². The molecule has 0 radical (unpaired) electrons. The Labute approximate surface area is 156 Å². The van der Waals surface area contributed by atoms with Gasteiger partial charge in [0.1, 0.15) is 6.04 Å². The largest absolute Gasteiger partial charge is 0.295 e. The second-order valence-corrected chi connectivity index (χ2v) is 7.23. The van der Waals surface area contributed by atoms with E-state index in [0.717, 1.165) is 22.3 Å². The fourth-order valence-corrected chi connectivity index (χ4v) is 3.88. The zero-order valence-electron chi connectivity index (χ0n) is 15.2. The van der Waals surface area contributed by atoms with Crippen molar-refractivity contribution in [3.05, 3.63) is 47.0 Å². The SMILES string of the molecule is CCC(C)c1cc2c3c(cccc3c1)C(=O)N(C1CCC(=O)NC1=O)C2=O. The Morgan fingerprint density at radius 1 is 1.11 bits per heavy atom. The molecule has 1 fully saturated rings. The quantitative estimate of drug-likeness (QED) is 0.849. The number of hydrogen-bond donors (Lipinski definition) is 1. The number of piperidine rings is 1. The highest BCUT2D eigenvalue weighted by Gasteiger charge is 2.42. The molecule has 2 heterocycles. The van der Waals surface area contributed by atoms with Crippen LogP contribution in [0.15, 0.2) is 30.3 Å². The van der Waals surface area contributed by atoms with Gasteiger partial charge in [-0.1, -0.05) is 32.0 Å². The van der Waals surface area contributed by atoms with Crippen LogP contribution >= 0.6 is 0 Å². The van der Waals surface area contributed by atoms with Gasteiger partial charge in [-0.15, -0.1) is 0 Å². The Kier molecular flexibility index (Phi) is 4.06. The van der Waals surface area contributed by atoms with Crippen molar-refractivity contribution in [3.8, 4) is 0 Å². The van der Waals surface area contributed by atoms with Gasteiger partial charge in [-0.2, -0.15) is 0 Å². The second kappa shape index (κ2) is 6.30. The van der Waals surface area contributed by atoms with Crippen LogP contribution in [0.3, 0.4) is 0 Å². The molecule has 4 amide bonds. The smallest absolute Gasteiger partial charge is 0.262 e. The van der Waals surface area contributed by atoms with Crippen molar-refractivity contribution in [2.75, 3.05) is 0 Å². The fourth-order valence-electron chi connectivity index (χ4n) is 3.88. The third-order valence-electron chi connectivity index (χ3n) is 5.60. The van der Waals surface area contributed by atoms with Crippen molar-refractivity contribution < 1.29 is 19.2 Å². The number of nitrogens with one attached hydrogen (secondary N) is 1. The summed E-state index contributed by atoms with van der Waals surface area (Å²) in [5, 5.41) is 3.72. The summed E-state index contributed by atoms with van der Waals surface area (Å²) in [6.45, 7) is 4.17. The molecule has 0 saturated carbocycles. The second-order valence-electron chi connectivity index (χ2n) is 7.23. The number of carbonyl (C=O) groups excluding carboxylic acids is 4. The van der Waals surface area contributed by atoms with E-state index in [2.05, 4.69) is 19.2 Å².